The Bertz CT molecular complexity index is 1030. The normalized spacial score (nSPS) is 14.0. The molecule has 3 aromatic rings. The van der Waals surface area contributed by atoms with Crippen LogP contribution in [0.1, 0.15) is 29.2 Å². The van der Waals surface area contributed by atoms with Crippen LogP contribution < -0.4 is 10.2 Å². The van der Waals surface area contributed by atoms with Crippen molar-refractivity contribution in [1.82, 2.24) is 5.32 Å². The molecule has 30 heavy (non-hydrogen) atoms. The van der Waals surface area contributed by atoms with Gasteiger partial charge in [-0.1, -0.05) is 60.7 Å². The van der Waals surface area contributed by atoms with Crippen molar-refractivity contribution in [3.8, 4) is 0 Å². The molecule has 4 nitrogen and oxygen atoms in total. The molecule has 2 amide bonds. The van der Waals surface area contributed by atoms with Gasteiger partial charge in [-0.3, -0.25) is 9.59 Å². The van der Waals surface area contributed by atoms with Gasteiger partial charge in [0.2, 0.25) is 5.91 Å². The lowest BCUT2D eigenvalue weighted by molar-refractivity contribution is -0.127. The summed E-state index contributed by atoms with van der Waals surface area (Å²) >= 11 is 0. The summed E-state index contributed by atoms with van der Waals surface area (Å²) in [5, 5.41) is 2.90. The van der Waals surface area contributed by atoms with Crippen molar-refractivity contribution in [3.63, 3.8) is 0 Å². The number of halogens is 1. The second-order valence-electron chi connectivity index (χ2n) is 7.44. The molecule has 0 aromatic heterocycles. The highest BCUT2D eigenvalue weighted by Gasteiger charge is 2.30. The number of hydrogen-bond acceptors (Lipinski definition) is 2. The SMILES string of the molecule is O=C(Cc1ccc(F)cc1)N[C@H](C(=O)N1CCCc2ccccc21)c1ccccc1. The quantitative estimate of drug-likeness (QED) is 0.695. The molecule has 152 valence electrons. The molecule has 0 unspecified atom stereocenters. The van der Waals surface area contributed by atoms with Crippen LogP contribution in [0.5, 0.6) is 0 Å². The monoisotopic (exact) mass is 402 g/mol. The van der Waals surface area contributed by atoms with Crippen LogP contribution in [0.4, 0.5) is 10.1 Å². The van der Waals surface area contributed by atoms with Crippen LogP contribution in [0, 0.1) is 5.82 Å². The highest BCUT2D eigenvalue weighted by Crippen LogP contribution is 2.29. The van der Waals surface area contributed by atoms with E-state index in [1.54, 1.807) is 17.0 Å². The highest BCUT2D eigenvalue weighted by molar-refractivity contribution is 6.00. The number of amides is 2. The highest BCUT2D eigenvalue weighted by atomic mass is 19.1. The van der Waals surface area contributed by atoms with E-state index in [0.29, 0.717) is 12.1 Å². The summed E-state index contributed by atoms with van der Waals surface area (Å²) in [4.78, 5) is 28.1. The summed E-state index contributed by atoms with van der Waals surface area (Å²) in [5.74, 6) is -0.782. The van der Waals surface area contributed by atoms with Crippen molar-refractivity contribution in [2.75, 3.05) is 11.4 Å². The van der Waals surface area contributed by atoms with E-state index in [-0.39, 0.29) is 24.1 Å². The summed E-state index contributed by atoms with van der Waals surface area (Å²) in [6.07, 6.45) is 1.90. The molecule has 1 aliphatic heterocycles. The van der Waals surface area contributed by atoms with Gasteiger partial charge in [-0.05, 0) is 47.7 Å². The average Bonchev–Trinajstić information content (AvgIpc) is 2.79. The molecule has 1 N–H and O–H groups in total. The van der Waals surface area contributed by atoms with Crippen LogP contribution in [-0.4, -0.2) is 18.4 Å². The van der Waals surface area contributed by atoms with E-state index in [9.17, 15) is 14.0 Å². The van der Waals surface area contributed by atoms with Crippen LogP contribution in [0.2, 0.25) is 0 Å². The average molecular weight is 402 g/mol. The van der Waals surface area contributed by atoms with E-state index in [4.69, 9.17) is 0 Å². The number of hydrogen-bond donors (Lipinski definition) is 1. The number of aryl methyl sites for hydroxylation is 1. The van der Waals surface area contributed by atoms with E-state index in [1.165, 1.54) is 12.1 Å². The third-order valence-corrected chi connectivity index (χ3v) is 5.34. The molecule has 1 aliphatic rings. The summed E-state index contributed by atoms with van der Waals surface area (Å²) in [5.41, 5.74) is 3.47. The van der Waals surface area contributed by atoms with E-state index in [2.05, 4.69) is 5.32 Å². The van der Waals surface area contributed by atoms with Crippen LogP contribution in [0.15, 0.2) is 78.9 Å². The summed E-state index contributed by atoms with van der Waals surface area (Å²) in [6, 6.07) is 22.2. The maximum absolute atomic E-state index is 13.6. The Kier molecular flexibility index (Phi) is 5.89. The molecule has 1 atom stereocenters. The molecular weight excluding hydrogens is 379 g/mol. The summed E-state index contributed by atoms with van der Waals surface area (Å²) < 4.78 is 13.1. The van der Waals surface area contributed by atoms with Crippen LogP contribution in [-0.2, 0) is 22.4 Å². The van der Waals surface area contributed by atoms with Crippen molar-refractivity contribution in [1.29, 1.82) is 0 Å². The van der Waals surface area contributed by atoms with Gasteiger partial charge >= 0.3 is 0 Å². The van der Waals surface area contributed by atoms with Gasteiger partial charge in [0.05, 0.1) is 6.42 Å². The molecule has 5 heteroatoms. The Balaban J connectivity index is 1.58. The minimum absolute atomic E-state index is 0.0769. The molecule has 0 fully saturated rings. The standard InChI is InChI=1S/C25H23FN2O2/c26-21-14-12-18(13-15-21)17-23(29)27-24(20-8-2-1-3-9-20)25(30)28-16-6-10-19-7-4-5-11-22(19)28/h1-5,7-9,11-15,24H,6,10,16-17H2,(H,27,29)/t24-/m0/s1. The molecule has 0 aliphatic carbocycles. The number of rotatable bonds is 5. The minimum atomic E-state index is -0.787. The molecule has 4 rings (SSSR count). The Morgan fingerprint density at radius 1 is 0.933 bits per heavy atom. The number of nitrogens with one attached hydrogen (secondary N) is 1. The molecule has 0 saturated carbocycles. The molecule has 1 heterocycles. The maximum Gasteiger partial charge on any atom is 0.254 e. The first kappa shape index (κ1) is 19.8. The number of carbonyl (C=O) groups is 2. The van der Waals surface area contributed by atoms with Gasteiger partial charge in [-0.15, -0.1) is 0 Å². The lowest BCUT2D eigenvalue weighted by atomic mass is 9.99. The second kappa shape index (κ2) is 8.91. The van der Waals surface area contributed by atoms with Crippen molar-refractivity contribution >= 4 is 17.5 Å². The molecule has 0 saturated heterocycles. The van der Waals surface area contributed by atoms with Gasteiger partial charge in [0.15, 0.2) is 0 Å². The molecule has 0 bridgehead atoms. The zero-order chi connectivity index (χ0) is 20.9. The zero-order valence-corrected chi connectivity index (χ0v) is 16.6. The fourth-order valence-electron chi connectivity index (χ4n) is 3.85. The number of fused-ring (bicyclic) bond motifs is 1. The predicted molar refractivity (Wildman–Crippen MR) is 115 cm³/mol. The van der Waals surface area contributed by atoms with Crippen molar-refractivity contribution in [2.24, 2.45) is 0 Å². The first-order valence-electron chi connectivity index (χ1n) is 10.1. The smallest absolute Gasteiger partial charge is 0.254 e. The van der Waals surface area contributed by atoms with Crippen molar-refractivity contribution < 1.29 is 14.0 Å². The third-order valence-electron chi connectivity index (χ3n) is 5.34. The lowest BCUT2D eigenvalue weighted by Crippen LogP contribution is -2.45. The third kappa shape index (κ3) is 4.40. The van der Waals surface area contributed by atoms with Crippen molar-refractivity contribution in [2.45, 2.75) is 25.3 Å². The topological polar surface area (TPSA) is 49.4 Å². The Morgan fingerprint density at radius 3 is 2.40 bits per heavy atom. The first-order valence-corrected chi connectivity index (χ1v) is 10.1. The molecule has 0 spiro atoms. The first-order chi connectivity index (χ1) is 14.6. The lowest BCUT2D eigenvalue weighted by Gasteiger charge is -2.32. The number of nitrogens with zero attached hydrogens (tertiary/aromatic N) is 1. The Hall–Kier alpha value is -3.47. The van der Waals surface area contributed by atoms with E-state index in [1.807, 2.05) is 54.6 Å². The molecular formula is C25H23FN2O2. The number of anilines is 1. The number of carbonyl (C=O) groups excluding carboxylic acids is 2. The van der Waals surface area contributed by atoms with Gasteiger partial charge in [-0.2, -0.15) is 0 Å². The largest absolute Gasteiger partial charge is 0.340 e. The van der Waals surface area contributed by atoms with Crippen LogP contribution >= 0.6 is 0 Å². The van der Waals surface area contributed by atoms with Crippen LogP contribution in [0.25, 0.3) is 0 Å². The Labute approximate surface area is 175 Å². The van der Waals surface area contributed by atoms with Gasteiger partial charge < -0.3 is 10.2 Å². The van der Waals surface area contributed by atoms with Gasteiger partial charge in [0.1, 0.15) is 11.9 Å². The second-order valence-corrected chi connectivity index (χ2v) is 7.44. The fraction of sp³-hybridized carbons (Fsp3) is 0.200. The zero-order valence-electron chi connectivity index (χ0n) is 16.6. The van der Waals surface area contributed by atoms with Gasteiger partial charge in [-0.25, -0.2) is 4.39 Å². The van der Waals surface area contributed by atoms with E-state index in [0.717, 1.165) is 29.7 Å². The van der Waals surface area contributed by atoms with Crippen LogP contribution in [0.3, 0.4) is 0 Å². The number of benzene rings is 3. The minimum Gasteiger partial charge on any atom is -0.340 e. The molecule has 0 radical (unpaired) electrons. The summed E-state index contributed by atoms with van der Waals surface area (Å²) in [7, 11) is 0. The van der Waals surface area contributed by atoms with Gasteiger partial charge in [0, 0.05) is 12.2 Å². The van der Waals surface area contributed by atoms with Crippen molar-refractivity contribution in [3.05, 3.63) is 101 Å². The Morgan fingerprint density at radius 2 is 1.63 bits per heavy atom. The van der Waals surface area contributed by atoms with E-state index >= 15 is 0 Å². The summed E-state index contributed by atoms with van der Waals surface area (Å²) in [6.45, 7) is 0.618. The predicted octanol–water partition coefficient (Wildman–Crippen LogP) is 4.21. The maximum atomic E-state index is 13.6. The number of para-hydroxylation sites is 1. The fourth-order valence-corrected chi connectivity index (χ4v) is 3.85. The van der Waals surface area contributed by atoms with E-state index < -0.39 is 6.04 Å². The van der Waals surface area contributed by atoms with Gasteiger partial charge in [0.25, 0.3) is 5.91 Å². The molecule has 3 aromatic carbocycles.